The van der Waals surface area contributed by atoms with E-state index in [-0.39, 0.29) is 27.5 Å². The third kappa shape index (κ3) is 5.27. The number of anilines is 2. The van der Waals surface area contributed by atoms with Gasteiger partial charge in [0.1, 0.15) is 16.2 Å². The van der Waals surface area contributed by atoms with Crippen molar-refractivity contribution in [3.05, 3.63) is 91.7 Å². The molecule has 0 radical (unpaired) electrons. The largest absolute Gasteiger partial charge is 0.326 e. The van der Waals surface area contributed by atoms with E-state index in [0.29, 0.717) is 21.2 Å². The fourth-order valence-electron chi connectivity index (χ4n) is 3.96. The summed E-state index contributed by atoms with van der Waals surface area (Å²) in [5, 5.41) is 15.2. The molecule has 1 saturated carbocycles. The van der Waals surface area contributed by atoms with Crippen molar-refractivity contribution in [2.45, 2.75) is 17.2 Å². The van der Waals surface area contributed by atoms with Crippen LogP contribution in [-0.4, -0.2) is 16.1 Å². The molecule has 0 aromatic heterocycles. The number of hydrogen-bond acceptors (Lipinski definition) is 3. The summed E-state index contributed by atoms with van der Waals surface area (Å²) in [6.45, 7) is 1.63. The molecule has 1 aliphatic carbocycles. The minimum atomic E-state index is -1.39. The first-order chi connectivity index (χ1) is 16.9. The Morgan fingerprint density at radius 2 is 1.67 bits per heavy atom. The molecule has 2 atom stereocenters. The Bertz CT molecular complexity index is 1430. The van der Waals surface area contributed by atoms with E-state index in [9.17, 15) is 19.2 Å². The third-order valence-corrected chi connectivity index (χ3v) is 7.36. The average Bonchev–Trinajstić information content (AvgIpc) is 3.38. The monoisotopic (exact) mass is 583 g/mol. The van der Waals surface area contributed by atoms with Crippen LogP contribution in [0.4, 0.5) is 15.8 Å². The van der Waals surface area contributed by atoms with Gasteiger partial charge in [0.25, 0.3) is 5.91 Å². The Kier molecular flexibility index (Phi) is 7.43. The van der Waals surface area contributed by atoms with Crippen molar-refractivity contribution >= 4 is 81.2 Å². The predicted molar refractivity (Wildman–Crippen MR) is 141 cm³/mol. The van der Waals surface area contributed by atoms with Gasteiger partial charge in [0.15, 0.2) is 0 Å². The maximum absolute atomic E-state index is 14.4. The number of amides is 2. The molecule has 11 heteroatoms. The van der Waals surface area contributed by atoms with E-state index in [1.165, 1.54) is 30.3 Å². The van der Waals surface area contributed by atoms with Gasteiger partial charge in [-0.25, -0.2) is 4.39 Å². The Morgan fingerprint density at radius 1 is 1.00 bits per heavy atom. The smallest absolute Gasteiger partial charge is 0.257 e. The topological polar surface area (TPSA) is 82.0 Å². The van der Waals surface area contributed by atoms with Crippen molar-refractivity contribution in [2.75, 3.05) is 10.6 Å². The van der Waals surface area contributed by atoms with E-state index < -0.39 is 33.8 Å². The first kappa shape index (κ1) is 26.5. The summed E-state index contributed by atoms with van der Waals surface area (Å²) in [5.74, 6) is -3.39. The third-order valence-electron chi connectivity index (χ3n) is 5.65. The summed E-state index contributed by atoms with van der Waals surface area (Å²) in [6.07, 6.45) is 0. The summed E-state index contributed by atoms with van der Waals surface area (Å²) < 4.78 is 13.0. The highest BCUT2D eigenvalue weighted by Gasteiger charge is 2.67. The van der Waals surface area contributed by atoms with E-state index in [0.717, 1.165) is 0 Å². The molecule has 3 aromatic rings. The van der Waals surface area contributed by atoms with Crippen molar-refractivity contribution in [1.29, 1.82) is 5.26 Å². The molecule has 1 fully saturated rings. The number of carbonyl (C=O) groups is 2. The lowest BCUT2D eigenvalue weighted by Gasteiger charge is -2.12. The predicted octanol–water partition coefficient (Wildman–Crippen LogP) is 7.74. The molecule has 0 aliphatic heterocycles. The summed E-state index contributed by atoms with van der Waals surface area (Å²) in [6, 6.07) is 13.5. The zero-order valence-electron chi connectivity index (χ0n) is 18.3. The van der Waals surface area contributed by atoms with Crippen molar-refractivity contribution < 1.29 is 14.0 Å². The minimum absolute atomic E-state index is 0.0390. The van der Waals surface area contributed by atoms with Crippen LogP contribution in [0, 0.1) is 30.0 Å². The van der Waals surface area contributed by atoms with Gasteiger partial charge < -0.3 is 10.6 Å². The average molecular weight is 586 g/mol. The van der Waals surface area contributed by atoms with Crippen LogP contribution in [-0.2, 0) is 4.79 Å². The fourth-order valence-corrected chi connectivity index (χ4v) is 5.53. The molecule has 1 aliphatic rings. The van der Waals surface area contributed by atoms with Gasteiger partial charge in [0, 0.05) is 21.7 Å². The molecule has 2 amide bonds. The lowest BCUT2D eigenvalue weighted by molar-refractivity contribution is -0.117. The number of aryl methyl sites for hydroxylation is 1. The molecule has 0 saturated heterocycles. The standard InChI is InChI=1S/C25H15Cl5FN3O2/c1-11-4-13(10-32)22(19(31)5-11)34-23(35)17-9-16(2-3-18(17)28)33-24(36)21-20(25(21,29)30)12-6-14(26)8-15(27)7-12/h2-9,20-21H,1H3,(H,33,36)(H,34,35)/t20-,21+/m1/s1. The highest BCUT2D eigenvalue weighted by Crippen LogP contribution is 2.65. The molecule has 2 N–H and O–H groups in total. The Hall–Kier alpha value is -2.53. The van der Waals surface area contributed by atoms with Crippen molar-refractivity contribution in [1.82, 2.24) is 0 Å². The lowest BCUT2D eigenvalue weighted by Crippen LogP contribution is -2.19. The molecule has 4 rings (SSSR count). The number of alkyl halides is 2. The van der Waals surface area contributed by atoms with Crippen molar-refractivity contribution in [3.63, 3.8) is 0 Å². The van der Waals surface area contributed by atoms with Crippen molar-refractivity contribution in [2.24, 2.45) is 5.92 Å². The van der Waals surface area contributed by atoms with E-state index in [1.807, 2.05) is 6.07 Å². The number of hydrogen-bond donors (Lipinski definition) is 2. The molecule has 0 heterocycles. The van der Waals surface area contributed by atoms with E-state index in [1.54, 1.807) is 25.1 Å². The Balaban J connectivity index is 1.55. The van der Waals surface area contributed by atoms with E-state index >= 15 is 0 Å². The lowest BCUT2D eigenvalue weighted by atomic mass is 10.1. The van der Waals surface area contributed by atoms with Gasteiger partial charge in [-0.3, -0.25) is 9.59 Å². The van der Waals surface area contributed by atoms with Crippen LogP contribution in [0.5, 0.6) is 0 Å². The number of nitrogens with one attached hydrogen (secondary N) is 2. The number of carbonyl (C=O) groups excluding carboxylic acids is 2. The first-order valence-electron chi connectivity index (χ1n) is 10.4. The summed E-state index contributed by atoms with van der Waals surface area (Å²) in [7, 11) is 0. The maximum Gasteiger partial charge on any atom is 0.257 e. The number of nitrogens with zero attached hydrogens (tertiary/aromatic N) is 1. The van der Waals surface area contributed by atoms with Crippen LogP contribution in [0.3, 0.4) is 0 Å². The van der Waals surface area contributed by atoms with Gasteiger partial charge in [0.2, 0.25) is 5.91 Å². The second kappa shape index (κ2) is 10.1. The minimum Gasteiger partial charge on any atom is -0.326 e. The van der Waals surface area contributed by atoms with E-state index in [4.69, 9.17) is 58.0 Å². The van der Waals surface area contributed by atoms with Crippen molar-refractivity contribution in [3.8, 4) is 6.07 Å². The van der Waals surface area contributed by atoms with Crippen LogP contribution in [0.2, 0.25) is 15.1 Å². The van der Waals surface area contributed by atoms with Gasteiger partial charge in [-0.05, 0) is 66.6 Å². The van der Waals surface area contributed by atoms with Gasteiger partial charge in [-0.2, -0.15) is 5.26 Å². The Morgan fingerprint density at radius 3 is 2.31 bits per heavy atom. The summed E-state index contributed by atoms with van der Waals surface area (Å²) >= 11 is 31.1. The van der Waals surface area contributed by atoms with Gasteiger partial charge in [-0.1, -0.05) is 34.8 Å². The Labute approximate surface area is 231 Å². The highest BCUT2D eigenvalue weighted by molar-refractivity contribution is 6.53. The molecule has 3 aromatic carbocycles. The molecule has 5 nitrogen and oxygen atoms in total. The van der Waals surface area contributed by atoms with E-state index in [2.05, 4.69) is 10.6 Å². The van der Waals surface area contributed by atoms with Crippen LogP contribution < -0.4 is 10.6 Å². The second-order valence-electron chi connectivity index (χ2n) is 8.25. The zero-order valence-corrected chi connectivity index (χ0v) is 22.1. The molecular weight excluding hydrogens is 571 g/mol. The van der Waals surface area contributed by atoms with Gasteiger partial charge >= 0.3 is 0 Å². The molecular formula is C25H15Cl5FN3O2. The number of halogens is 6. The van der Waals surface area contributed by atoms with Gasteiger partial charge in [0.05, 0.1) is 27.8 Å². The highest BCUT2D eigenvalue weighted by atomic mass is 35.5. The molecule has 184 valence electrons. The quantitative estimate of drug-likeness (QED) is 0.301. The van der Waals surface area contributed by atoms with Crippen LogP contribution in [0.1, 0.15) is 33.0 Å². The fraction of sp³-hybridized carbons (Fsp3) is 0.160. The SMILES string of the molecule is Cc1cc(F)c(NC(=O)c2cc(NC(=O)[C@@H]3[C@@H](c4cc(Cl)cc(Cl)c4)C3(Cl)Cl)ccc2Cl)c(C#N)c1. The number of rotatable bonds is 5. The number of benzene rings is 3. The maximum atomic E-state index is 14.4. The molecule has 0 spiro atoms. The molecule has 0 unspecified atom stereocenters. The molecule has 0 bridgehead atoms. The first-order valence-corrected chi connectivity index (χ1v) is 12.3. The second-order valence-corrected chi connectivity index (χ2v) is 11.0. The van der Waals surface area contributed by atoms with Crippen LogP contribution in [0.25, 0.3) is 0 Å². The summed E-state index contributed by atoms with van der Waals surface area (Å²) in [5.41, 5.74) is 1.02. The summed E-state index contributed by atoms with van der Waals surface area (Å²) in [4.78, 5) is 25.9. The zero-order chi connectivity index (χ0) is 26.4. The van der Waals surface area contributed by atoms with Gasteiger partial charge in [-0.15, -0.1) is 23.2 Å². The van der Waals surface area contributed by atoms with Crippen LogP contribution in [0.15, 0.2) is 48.5 Å². The normalized spacial score (nSPS) is 17.7. The number of nitriles is 1. The van der Waals surface area contributed by atoms with Crippen LogP contribution >= 0.6 is 58.0 Å². The molecule has 36 heavy (non-hydrogen) atoms.